The quantitative estimate of drug-likeness (QED) is 0.851. The number of pyridine rings is 1. The van der Waals surface area contributed by atoms with Crippen LogP contribution in [0, 0.1) is 11.9 Å². The van der Waals surface area contributed by atoms with Crippen molar-refractivity contribution in [3.05, 3.63) is 24.3 Å². The molecule has 0 aliphatic carbocycles. The van der Waals surface area contributed by atoms with Crippen molar-refractivity contribution < 1.29 is 12.8 Å². The summed E-state index contributed by atoms with van der Waals surface area (Å²) in [4.78, 5) is 3.41. The van der Waals surface area contributed by atoms with Crippen LogP contribution in [0.1, 0.15) is 19.8 Å². The van der Waals surface area contributed by atoms with Crippen molar-refractivity contribution in [2.45, 2.75) is 19.8 Å². The Kier molecular flexibility index (Phi) is 3.82. The van der Waals surface area contributed by atoms with E-state index in [9.17, 15) is 12.8 Å². The molecule has 0 radical (unpaired) electrons. The third kappa shape index (κ3) is 3.17. The molecule has 0 aromatic carbocycles. The maximum Gasteiger partial charge on any atom is 0.301 e. The Hall–Kier alpha value is -1.21. The molecule has 0 bridgehead atoms. The zero-order valence-corrected chi connectivity index (χ0v) is 11.0. The van der Waals surface area contributed by atoms with Gasteiger partial charge in [0, 0.05) is 13.1 Å². The first-order valence-corrected chi connectivity index (χ1v) is 7.31. The number of anilines is 1. The molecule has 7 heteroatoms. The van der Waals surface area contributed by atoms with Crippen LogP contribution in [0.2, 0.25) is 0 Å². The van der Waals surface area contributed by atoms with Crippen LogP contribution in [-0.4, -0.2) is 30.8 Å². The molecule has 0 saturated carbocycles. The summed E-state index contributed by atoms with van der Waals surface area (Å²) >= 11 is 0. The van der Waals surface area contributed by atoms with Crippen molar-refractivity contribution in [3.63, 3.8) is 0 Å². The number of aromatic nitrogens is 1. The number of hydrogen-bond donors (Lipinski definition) is 1. The molecule has 1 unspecified atom stereocenters. The molecular formula is C11H16FN3O2S. The van der Waals surface area contributed by atoms with Crippen LogP contribution in [-0.2, 0) is 10.2 Å². The molecule has 1 fully saturated rings. The molecule has 18 heavy (non-hydrogen) atoms. The minimum Gasteiger partial charge on any atom is -0.269 e. The van der Waals surface area contributed by atoms with Crippen molar-refractivity contribution in [2.75, 3.05) is 17.8 Å². The van der Waals surface area contributed by atoms with E-state index in [0.717, 1.165) is 18.9 Å². The molecule has 1 atom stereocenters. The number of hydrogen-bond acceptors (Lipinski definition) is 3. The van der Waals surface area contributed by atoms with E-state index in [2.05, 4.69) is 9.71 Å². The standard InChI is InChI=1S/C11H16FN3O2S/c1-9-3-2-6-15(8-9)18(16,17)14-10-4-5-11(12)13-7-10/h4-5,7,9,14H,2-3,6,8H2,1H3. The van der Waals surface area contributed by atoms with E-state index in [4.69, 9.17) is 0 Å². The maximum absolute atomic E-state index is 12.6. The van der Waals surface area contributed by atoms with Gasteiger partial charge < -0.3 is 0 Å². The van der Waals surface area contributed by atoms with Gasteiger partial charge in [0.25, 0.3) is 0 Å². The Labute approximate surface area is 106 Å². The third-order valence-corrected chi connectivity index (χ3v) is 4.44. The van der Waals surface area contributed by atoms with Crippen LogP contribution in [0.25, 0.3) is 0 Å². The van der Waals surface area contributed by atoms with Crippen LogP contribution in [0.15, 0.2) is 18.3 Å². The Bertz CT molecular complexity index is 504. The SMILES string of the molecule is CC1CCCN(S(=O)(=O)Nc2ccc(F)nc2)C1. The maximum atomic E-state index is 12.6. The topological polar surface area (TPSA) is 62.3 Å². The lowest BCUT2D eigenvalue weighted by Gasteiger charge is -2.30. The Balaban J connectivity index is 2.09. The summed E-state index contributed by atoms with van der Waals surface area (Å²) in [6, 6.07) is 2.48. The second-order valence-corrected chi connectivity index (χ2v) is 6.25. The normalized spacial score (nSPS) is 21.8. The second-order valence-electron chi connectivity index (χ2n) is 4.58. The average Bonchev–Trinajstić information content (AvgIpc) is 2.32. The van der Waals surface area contributed by atoms with Crippen LogP contribution < -0.4 is 4.72 Å². The van der Waals surface area contributed by atoms with Crippen LogP contribution in [0.5, 0.6) is 0 Å². The van der Waals surface area contributed by atoms with Gasteiger partial charge in [-0.2, -0.15) is 17.1 Å². The van der Waals surface area contributed by atoms with Gasteiger partial charge in [-0.3, -0.25) is 4.72 Å². The largest absolute Gasteiger partial charge is 0.301 e. The lowest BCUT2D eigenvalue weighted by Crippen LogP contribution is -2.42. The Morgan fingerprint density at radius 2 is 2.28 bits per heavy atom. The van der Waals surface area contributed by atoms with Gasteiger partial charge in [0.1, 0.15) is 0 Å². The average molecular weight is 273 g/mol. The summed E-state index contributed by atoms with van der Waals surface area (Å²) in [7, 11) is -3.56. The fraction of sp³-hybridized carbons (Fsp3) is 0.545. The third-order valence-electron chi connectivity index (χ3n) is 2.93. The monoisotopic (exact) mass is 273 g/mol. The molecule has 1 N–H and O–H groups in total. The van der Waals surface area contributed by atoms with Gasteiger partial charge >= 0.3 is 10.2 Å². The van der Waals surface area contributed by atoms with E-state index in [-0.39, 0.29) is 5.69 Å². The first-order valence-electron chi connectivity index (χ1n) is 5.87. The molecule has 2 heterocycles. The van der Waals surface area contributed by atoms with Gasteiger partial charge in [-0.25, -0.2) is 4.98 Å². The highest BCUT2D eigenvalue weighted by Crippen LogP contribution is 2.19. The first kappa shape index (κ1) is 13.2. The van der Waals surface area contributed by atoms with Crippen molar-refractivity contribution in [2.24, 2.45) is 5.92 Å². The highest BCUT2D eigenvalue weighted by Gasteiger charge is 2.26. The number of nitrogens with zero attached hydrogens (tertiary/aromatic N) is 2. The summed E-state index contributed by atoms with van der Waals surface area (Å²) in [5.41, 5.74) is 0.273. The van der Waals surface area contributed by atoms with Gasteiger partial charge in [0.2, 0.25) is 5.95 Å². The summed E-state index contributed by atoms with van der Waals surface area (Å²) in [6.07, 6.45) is 3.08. The van der Waals surface area contributed by atoms with Gasteiger partial charge in [-0.05, 0) is 30.9 Å². The highest BCUT2D eigenvalue weighted by molar-refractivity contribution is 7.90. The lowest BCUT2D eigenvalue weighted by atomic mass is 10.0. The van der Waals surface area contributed by atoms with E-state index >= 15 is 0 Å². The molecule has 5 nitrogen and oxygen atoms in total. The molecule has 1 aromatic rings. The fourth-order valence-corrected chi connectivity index (χ4v) is 3.38. The number of rotatable bonds is 3. The fourth-order valence-electron chi connectivity index (χ4n) is 2.01. The van der Waals surface area contributed by atoms with Crippen molar-refractivity contribution in [3.8, 4) is 0 Å². The zero-order chi connectivity index (χ0) is 13.2. The van der Waals surface area contributed by atoms with E-state index in [1.165, 1.54) is 16.6 Å². The molecular weight excluding hydrogens is 257 g/mol. The van der Waals surface area contributed by atoms with Gasteiger partial charge in [0.05, 0.1) is 11.9 Å². The summed E-state index contributed by atoms with van der Waals surface area (Å²) in [6.45, 7) is 3.07. The molecule has 2 rings (SSSR count). The minimum atomic E-state index is -3.56. The van der Waals surface area contributed by atoms with E-state index in [0.29, 0.717) is 19.0 Å². The van der Waals surface area contributed by atoms with E-state index in [1.807, 2.05) is 6.92 Å². The van der Waals surface area contributed by atoms with Gasteiger partial charge in [-0.1, -0.05) is 6.92 Å². The molecule has 100 valence electrons. The first-order chi connectivity index (χ1) is 8.47. The minimum absolute atomic E-state index is 0.273. The van der Waals surface area contributed by atoms with Crippen molar-refractivity contribution in [1.82, 2.24) is 9.29 Å². The van der Waals surface area contributed by atoms with Crippen LogP contribution >= 0.6 is 0 Å². The predicted octanol–water partition coefficient (Wildman–Crippen LogP) is 1.61. The Morgan fingerprint density at radius 3 is 2.89 bits per heavy atom. The number of nitrogens with one attached hydrogen (secondary N) is 1. The van der Waals surface area contributed by atoms with Crippen molar-refractivity contribution >= 4 is 15.9 Å². The molecule has 1 aliphatic heterocycles. The van der Waals surface area contributed by atoms with Gasteiger partial charge in [-0.15, -0.1) is 0 Å². The molecule has 1 aromatic heterocycles. The number of piperidine rings is 1. The molecule has 0 spiro atoms. The second kappa shape index (κ2) is 5.19. The summed E-state index contributed by atoms with van der Waals surface area (Å²) in [5, 5.41) is 0. The molecule has 1 saturated heterocycles. The Morgan fingerprint density at radius 1 is 1.50 bits per heavy atom. The summed E-state index contributed by atoms with van der Waals surface area (Å²) in [5.74, 6) is -0.272. The van der Waals surface area contributed by atoms with E-state index in [1.54, 1.807) is 0 Å². The van der Waals surface area contributed by atoms with Crippen molar-refractivity contribution in [1.29, 1.82) is 0 Å². The van der Waals surface area contributed by atoms with Crippen LogP contribution in [0.4, 0.5) is 10.1 Å². The smallest absolute Gasteiger partial charge is 0.269 e. The number of halogens is 1. The zero-order valence-electron chi connectivity index (χ0n) is 10.1. The molecule has 1 aliphatic rings. The van der Waals surface area contributed by atoms with Gasteiger partial charge in [0.15, 0.2) is 0 Å². The molecule has 0 amide bonds. The summed E-state index contributed by atoms with van der Waals surface area (Å²) < 4.78 is 40.6. The predicted molar refractivity (Wildman–Crippen MR) is 66.7 cm³/mol. The van der Waals surface area contributed by atoms with Crippen LogP contribution in [0.3, 0.4) is 0 Å². The lowest BCUT2D eigenvalue weighted by molar-refractivity contribution is 0.282. The van der Waals surface area contributed by atoms with E-state index < -0.39 is 16.2 Å². The highest BCUT2D eigenvalue weighted by atomic mass is 32.2.